The minimum atomic E-state index is -5.41. The Morgan fingerprint density at radius 2 is 1.85 bits per heavy atom. The second kappa shape index (κ2) is 13.9. The van der Waals surface area contributed by atoms with Gasteiger partial charge in [-0.25, -0.2) is 33.2 Å². The third-order valence-electron chi connectivity index (χ3n) is 7.00. The quantitative estimate of drug-likeness (QED) is 0.174. The van der Waals surface area contributed by atoms with Crippen LogP contribution >= 0.6 is 11.3 Å². The molecule has 0 spiro atoms. The Hall–Kier alpha value is -5.23. The fraction of sp³-hybridized carbons (Fsp3) is 0.267. The summed E-state index contributed by atoms with van der Waals surface area (Å²) in [7, 11) is 3.68. The number of nitrogens with one attached hydrogen (secondary N) is 2. The first-order valence-corrected chi connectivity index (χ1v) is 15.2. The summed E-state index contributed by atoms with van der Waals surface area (Å²) >= 11 is 0.756. The van der Waals surface area contributed by atoms with Crippen LogP contribution in [-0.4, -0.2) is 71.1 Å². The summed E-state index contributed by atoms with van der Waals surface area (Å²) < 4.78 is 69.5. The summed E-state index contributed by atoms with van der Waals surface area (Å²) in [5.41, 5.74) is 0.414. The molecule has 18 heteroatoms. The molecule has 0 unspecified atom stereocenters. The second-order valence-electron chi connectivity index (χ2n) is 10.5. The maximum Gasteiger partial charge on any atom is 0.493 e. The Balaban J connectivity index is 1.68. The number of nitrogens with zero attached hydrogens (tertiary/aromatic N) is 6. The minimum Gasteiger partial charge on any atom is -0.353 e. The topological polar surface area (TPSA) is 133 Å². The van der Waals surface area contributed by atoms with Crippen LogP contribution in [0.3, 0.4) is 0 Å². The normalized spacial score (nSPS) is 12.9. The average Bonchev–Trinajstić information content (AvgIpc) is 3.57. The van der Waals surface area contributed by atoms with E-state index in [1.54, 1.807) is 6.92 Å². The van der Waals surface area contributed by atoms with Gasteiger partial charge in [-0.3, -0.25) is 4.79 Å². The number of aryl methyl sites for hydroxylation is 1. The molecular formula is C30H27F5N8O4S. The van der Waals surface area contributed by atoms with Crippen LogP contribution in [0.2, 0.25) is 0 Å². The Kier molecular flexibility index (Phi) is 9.85. The molecule has 0 radical (unpaired) electrons. The van der Waals surface area contributed by atoms with Crippen LogP contribution < -0.4 is 20.6 Å². The van der Waals surface area contributed by atoms with Crippen molar-refractivity contribution in [3.8, 4) is 11.3 Å². The smallest absolute Gasteiger partial charge is 0.353 e. The van der Waals surface area contributed by atoms with E-state index < -0.39 is 41.4 Å². The summed E-state index contributed by atoms with van der Waals surface area (Å²) in [4.78, 5) is 58.6. The standard InChI is InChI=1S/C30H27F5N8O4S/c1-4-16-8-9-17(25(44)43(29-37-11-13-48-29)47-26(45)30(33,34)35)14-18(16)22-19-15-38-28(46)42(23-20(31)6-5-7-21(23)32)24(19)40-27(39-22)36-10-12-41(2)3/h5-9,11,13-14H,4,10,12,15H2,1-3H3,(H,38,46)(H,36,39,40). The lowest BCUT2D eigenvalue weighted by Crippen LogP contribution is -2.43. The van der Waals surface area contributed by atoms with Crippen molar-refractivity contribution in [3.05, 3.63) is 76.3 Å². The Morgan fingerprint density at radius 1 is 1.12 bits per heavy atom. The van der Waals surface area contributed by atoms with Crippen molar-refractivity contribution in [2.24, 2.45) is 0 Å². The molecule has 2 aromatic carbocycles. The van der Waals surface area contributed by atoms with E-state index in [4.69, 9.17) is 0 Å². The fourth-order valence-electron chi connectivity index (χ4n) is 4.74. The lowest BCUT2D eigenvalue weighted by atomic mass is 9.95. The maximum absolute atomic E-state index is 15.1. The highest BCUT2D eigenvalue weighted by Gasteiger charge is 2.44. The molecule has 0 saturated heterocycles. The van der Waals surface area contributed by atoms with E-state index in [9.17, 15) is 27.6 Å². The molecule has 3 amide bonds. The monoisotopic (exact) mass is 690 g/mol. The van der Waals surface area contributed by atoms with Gasteiger partial charge in [0.1, 0.15) is 17.3 Å². The van der Waals surface area contributed by atoms with Gasteiger partial charge in [0.15, 0.2) is 5.82 Å². The number of amides is 3. The van der Waals surface area contributed by atoms with E-state index in [0.29, 0.717) is 30.6 Å². The number of hydrogen-bond donors (Lipinski definition) is 2. The van der Waals surface area contributed by atoms with Gasteiger partial charge in [0.2, 0.25) is 11.1 Å². The molecule has 5 rings (SSSR count). The summed E-state index contributed by atoms with van der Waals surface area (Å²) in [5.74, 6) is -5.99. The van der Waals surface area contributed by atoms with Crippen molar-refractivity contribution in [1.82, 2.24) is 25.2 Å². The first kappa shape index (κ1) is 34.1. The summed E-state index contributed by atoms with van der Waals surface area (Å²) in [6.45, 7) is 2.50. The predicted octanol–water partition coefficient (Wildman–Crippen LogP) is 5.44. The number of para-hydroxylation sites is 1. The van der Waals surface area contributed by atoms with Crippen LogP contribution in [-0.2, 0) is 22.6 Å². The van der Waals surface area contributed by atoms with Crippen LogP contribution in [0.1, 0.15) is 28.4 Å². The SMILES string of the molecule is CCc1ccc(C(=O)N(OC(=O)C(F)(F)F)c2nccs2)cc1-c1nc(NCCN(C)C)nc2c1CNC(=O)N2c1c(F)cccc1F. The van der Waals surface area contributed by atoms with Crippen LogP contribution in [0.5, 0.6) is 0 Å². The predicted molar refractivity (Wildman–Crippen MR) is 166 cm³/mol. The zero-order valence-corrected chi connectivity index (χ0v) is 26.4. The Morgan fingerprint density at radius 3 is 2.48 bits per heavy atom. The van der Waals surface area contributed by atoms with E-state index >= 15 is 8.78 Å². The van der Waals surface area contributed by atoms with Crippen molar-refractivity contribution >= 4 is 51.8 Å². The number of hydroxylamine groups is 1. The van der Waals surface area contributed by atoms with Crippen LogP contribution in [0.15, 0.2) is 48.0 Å². The van der Waals surface area contributed by atoms with Crippen molar-refractivity contribution in [2.75, 3.05) is 42.5 Å². The number of aromatic nitrogens is 3. The van der Waals surface area contributed by atoms with Gasteiger partial charge in [-0.1, -0.05) is 19.1 Å². The Bertz CT molecular complexity index is 1840. The number of urea groups is 1. The highest BCUT2D eigenvalue weighted by molar-refractivity contribution is 7.13. The number of benzene rings is 2. The third-order valence-corrected chi connectivity index (χ3v) is 7.74. The third kappa shape index (κ3) is 7.03. The molecule has 48 heavy (non-hydrogen) atoms. The zero-order chi connectivity index (χ0) is 34.7. The molecule has 0 bridgehead atoms. The van der Waals surface area contributed by atoms with Crippen molar-refractivity contribution < 1.29 is 41.2 Å². The molecule has 0 fully saturated rings. The highest BCUT2D eigenvalue weighted by atomic mass is 32.1. The molecule has 0 saturated carbocycles. The summed E-state index contributed by atoms with van der Waals surface area (Å²) in [5, 5.41) is 6.81. The molecule has 3 heterocycles. The molecule has 2 N–H and O–H groups in total. The molecule has 0 aliphatic carbocycles. The number of thiazole rings is 1. The fourth-order valence-corrected chi connectivity index (χ4v) is 5.32. The second-order valence-corrected chi connectivity index (χ2v) is 11.4. The van der Waals surface area contributed by atoms with Gasteiger partial charge in [-0.2, -0.15) is 18.2 Å². The molecule has 12 nitrogen and oxygen atoms in total. The number of carbonyl (C=O) groups is 3. The van der Waals surface area contributed by atoms with Gasteiger partial charge >= 0.3 is 18.2 Å². The van der Waals surface area contributed by atoms with Gasteiger partial charge in [0, 0.05) is 41.4 Å². The molecule has 1 aliphatic heterocycles. The van der Waals surface area contributed by atoms with Crippen LogP contribution in [0.25, 0.3) is 11.3 Å². The van der Waals surface area contributed by atoms with E-state index in [1.807, 2.05) is 19.0 Å². The van der Waals surface area contributed by atoms with E-state index in [2.05, 4.69) is 30.4 Å². The van der Waals surface area contributed by atoms with Gasteiger partial charge in [-0.05, 0) is 50.3 Å². The first-order chi connectivity index (χ1) is 22.8. The molecule has 2 aromatic heterocycles. The van der Waals surface area contributed by atoms with Crippen molar-refractivity contribution in [1.29, 1.82) is 0 Å². The zero-order valence-electron chi connectivity index (χ0n) is 25.6. The minimum absolute atomic E-state index is 0.00986. The molecular weight excluding hydrogens is 663 g/mol. The van der Waals surface area contributed by atoms with Gasteiger partial charge in [0.05, 0.1) is 12.2 Å². The van der Waals surface area contributed by atoms with E-state index in [0.717, 1.165) is 34.4 Å². The number of rotatable bonds is 9. The average molecular weight is 691 g/mol. The lowest BCUT2D eigenvalue weighted by Gasteiger charge is -2.31. The molecule has 1 aliphatic rings. The number of likely N-dealkylation sites (N-methyl/N-ethyl adjacent to an activating group) is 1. The number of halogens is 5. The maximum atomic E-state index is 15.1. The van der Waals surface area contributed by atoms with E-state index in [-0.39, 0.29) is 45.3 Å². The van der Waals surface area contributed by atoms with Gasteiger partial charge in [0.25, 0.3) is 5.91 Å². The summed E-state index contributed by atoms with van der Waals surface area (Å²) in [6.07, 6.45) is -3.82. The van der Waals surface area contributed by atoms with E-state index in [1.165, 1.54) is 29.8 Å². The van der Waals surface area contributed by atoms with Crippen molar-refractivity contribution in [2.45, 2.75) is 26.1 Å². The van der Waals surface area contributed by atoms with Crippen molar-refractivity contribution in [3.63, 3.8) is 0 Å². The molecule has 0 atom stereocenters. The lowest BCUT2D eigenvalue weighted by molar-refractivity contribution is -0.199. The largest absolute Gasteiger partial charge is 0.493 e. The summed E-state index contributed by atoms with van der Waals surface area (Å²) in [6, 6.07) is 6.47. The van der Waals surface area contributed by atoms with Gasteiger partial charge in [-0.15, -0.1) is 16.4 Å². The van der Waals surface area contributed by atoms with Crippen LogP contribution in [0, 0.1) is 11.6 Å². The van der Waals surface area contributed by atoms with Crippen LogP contribution in [0.4, 0.5) is 49.3 Å². The number of fused-ring (bicyclic) bond motifs is 1. The highest BCUT2D eigenvalue weighted by Crippen LogP contribution is 2.40. The number of hydrogen-bond acceptors (Lipinski definition) is 10. The molecule has 4 aromatic rings. The first-order valence-electron chi connectivity index (χ1n) is 14.3. The molecule has 252 valence electrons. The number of carbonyl (C=O) groups excluding carboxylic acids is 3. The number of alkyl halides is 3. The number of anilines is 4. The Labute approximate surface area is 274 Å². The van der Waals surface area contributed by atoms with Gasteiger partial charge < -0.3 is 20.4 Å².